The number of carbonyl (C=O) groups is 1. The van der Waals surface area contributed by atoms with Crippen molar-refractivity contribution in [3.63, 3.8) is 0 Å². The molecule has 2 aliphatic rings. The minimum Gasteiger partial charge on any atom is -0.492 e. The van der Waals surface area contributed by atoms with Crippen LogP contribution in [0.1, 0.15) is 30.9 Å². The van der Waals surface area contributed by atoms with Crippen LogP contribution in [0.2, 0.25) is 0 Å². The molecule has 21 heavy (non-hydrogen) atoms. The Morgan fingerprint density at radius 1 is 1.48 bits per heavy atom. The summed E-state index contributed by atoms with van der Waals surface area (Å²) in [5, 5.41) is 12.2. The number of ether oxygens (including phenoxy) is 1. The van der Waals surface area contributed by atoms with Gasteiger partial charge >= 0.3 is 5.97 Å². The van der Waals surface area contributed by atoms with E-state index in [1.165, 1.54) is 25.0 Å². The molecule has 2 unspecified atom stereocenters. The van der Waals surface area contributed by atoms with Crippen molar-refractivity contribution in [3.8, 4) is 5.75 Å². The number of hydrogen-bond acceptors (Lipinski definition) is 3. The van der Waals surface area contributed by atoms with Crippen molar-refractivity contribution >= 4 is 21.9 Å². The minimum absolute atomic E-state index is 0.188. The van der Waals surface area contributed by atoms with E-state index in [1.54, 1.807) is 0 Å². The number of carboxylic acid groups (broad SMARTS) is 1. The second-order valence-corrected chi connectivity index (χ2v) is 6.65. The fraction of sp³-hybridized carbons (Fsp3) is 0.533. The summed E-state index contributed by atoms with van der Waals surface area (Å²) in [7, 11) is 0. The summed E-state index contributed by atoms with van der Waals surface area (Å²) in [5.41, 5.74) is 0.700. The molecule has 1 saturated carbocycles. The Morgan fingerprint density at radius 3 is 2.86 bits per heavy atom. The highest BCUT2D eigenvalue weighted by molar-refractivity contribution is 9.10. The summed E-state index contributed by atoms with van der Waals surface area (Å²) in [5.74, 6) is -0.379. The number of carboxylic acids is 1. The van der Waals surface area contributed by atoms with Crippen LogP contribution >= 0.6 is 15.9 Å². The number of aliphatic carboxylic acids is 1. The molecular formula is C15H17BrFNO3. The molecule has 114 valence electrons. The van der Waals surface area contributed by atoms with Crippen LogP contribution in [0.15, 0.2) is 16.6 Å². The van der Waals surface area contributed by atoms with Gasteiger partial charge in [0.2, 0.25) is 0 Å². The second kappa shape index (κ2) is 5.93. The molecule has 1 heterocycles. The molecule has 3 rings (SSSR count). The molecule has 1 aliphatic heterocycles. The first-order valence-electron chi connectivity index (χ1n) is 7.12. The lowest BCUT2D eigenvalue weighted by Crippen LogP contribution is -2.18. The summed E-state index contributed by atoms with van der Waals surface area (Å²) >= 11 is 3.35. The number of nitrogens with one attached hydrogen (secondary N) is 1. The Labute approximate surface area is 130 Å². The molecule has 1 aromatic carbocycles. The van der Waals surface area contributed by atoms with Gasteiger partial charge in [-0.15, -0.1) is 0 Å². The Bertz CT molecular complexity index is 562. The lowest BCUT2D eigenvalue weighted by molar-refractivity contribution is -0.141. The maximum Gasteiger partial charge on any atom is 0.307 e. The van der Waals surface area contributed by atoms with Gasteiger partial charge in [0.15, 0.2) is 0 Å². The molecule has 2 atom stereocenters. The van der Waals surface area contributed by atoms with E-state index in [2.05, 4.69) is 21.2 Å². The quantitative estimate of drug-likeness (QED) is 0.849. The van der Waals surface area contributed by atoms with Crippen LogP contribution in [0.25, 0.3) is 0 Å². The van der Waals surface area contributed by atoms with E-state index in [4.69, 9.17) is 9.84 Å². The van der Waals surface area contributed by atoms with Crippen LogP contribution in [0, 0.1) is 17.7 Å². The predicted octanol–water partition coefficient (Wildman–Crippen LogP) is 3.11. The maximum absolute atomic E-state index is 13.7. The van der Waals surface area contributed by atoms with E-state index in [0.29, 0.717) is 41.3 Å². The molecule has 2 fully saturated rings. The first-order valence-corrected chi connectivity index (χ1v) is 7.92. The zero-order valence-electron chi connectivity index (χ0n) is 11.4. The highest BCUT2D eigenvalue weighted by atomic mass is 79.9. The van der Waals surface area contributed by atoms with Gasteiger partial charge in [-0.2, -0.15) is 0 Å². The topological polar surface area (TPSA) is 58.6 Å². The number of rotatable bonds is 5. The largest absolute Gasteiger partial charge is 0.492 e. The van der Waals surface area contributed by atoms with Gasteiger partial charge in [0, 0.05) is 18.2 Å². The lowest BCUT2D eigenvalue weighted by atomic mass is 9.99. The molecule has 0 aromatic heterocycles. The van der Waals surface area contributed by atoms with Gasteiger partial charge < -0.3 is 15.2 Å². The normalized spacial score (nSPS) is 25.0. The van der Waals surface area contributed by atoms with Gasteiger partial charge in [-0.05, 0) is 53.2 Å². The van der Waals surface area contributed by atoms with Crippen LogP contribution in [-0.4, -0.2) is 24.2 Å². The van der Waals surface area contributed by atoms with Gasteiger partial charge in [0.25, 0.3) is 0 Å². The average Bonchev–Trinajstić information content (AvgIpc) is 3.11. The zero-order valence-corrected chi connectivity index (χ0v) is 13.0. The van der Waals surface area contributed by atoms with E-state index in [9.17, 15) is 9.18 Å². The number of benzene rings is 1. The van der Waals surface area contributed by atoms with Crippen molar-refractivity contribution in [2.45, 2.75) is 25.3 Å². The van der Waals surface area contributed by atoms with Crippen LogP contribution in [-0.2, 0) is 4.79 Å². The van der Waals surface area contributed by atoms with Gasteiger partial charge in [-0.25, -0.2) is 4.39 Å². The molecule has 0 amide bonds. The van der Waals surface area contributed by atoms with Crippen molar-refractivity contribution in [1.82, 2.24) is 5.32 Å². The molecule has 0 bridgehead atoms. The highest BCUT2D eigenvalue weighted by Crippen LogP contribution is 2.40. The molecule has 4 nitrogen and oxygen atoms in total. The summed E-state index contributed by atoms with van der Waals surface area (Å²) < 4.78 is 20.1. The fourth-order valence-corrected chi connectivity index (χ4v) is 3.20. The summed E-state index contributed by atoms with van der Waals surface area (Å²) in [6, 6.07) is 2.64. The molecule has 0 spiro atoms. The van der Waals surface area contributed by atoms with E-state index < -0.39 is 11.9 Å². The average molecular weight is 358 g/mol. The Hall–Kier alpha value is -1.14. The third kappa shape index (κ3) is 3.37. The zero-order chi connectivity index (χ0) is 15.0. The molecule has 2 N–H and O–H groups in total. The molecule has 1 aliphatic carbocycles. The molecular weight excluding hydrogens is 341 g/mol. The highest BCUT2D eigenvalue weighted by Gasteiger charge is 2.33. The maximum atomic E-state index is 13.7. The monoisotopic (exact) mass is 357 g/mol. The summed E-state index contributed by atoms with van der Waals surface area (Å²) in [4.78, 5) is 11.1. The van der Waals surface area contributed by atoms with Gasteiger partial charge in [-0.1, -0.05) is 0 Å². The van der Waals surface area contributed by atoms with Crippen LogP contribution in [0.5, 0.6) is 5.75 Å². The van der Waals surface area contributed by atoms with Gasteiger partial charge in [0.1, 0.15) is 11.6 Å². The third-order valence-electron chi connectivity index (χ3n) is 4.05. The van der Waals surface area contributed by atoms with E-state index >= 15 is 0 Å². The Morgan fingerprint density at radius 2 is 2.24 bits per heavy atom. The standard InChI is InChI=1S/C15H17BrFNO3/c16-12-5-10(17)4-11(14(12)21-7-8-1-2-8)13-3-9(6-18-13)15(19)20/h4-5,8-9,13,18H,1-3,6-7H2,(H,19,20). The molecule has 0 radical (unpaired) electrons. The molecule has 6 heteroatoms. The minimum atomic E-state index is -0.819. The molecule has 1 saturated heterocycles. The fourth-order valence-electron chi connectivity index (χ4n) is 2.64. The number of hydrogen-bond donors (Lipinski definition) is 2. The van der Waals surface area contributed by atoms with Gasteiger partial charge in [0.05, 0.1) is 17.0 Å². The third-order valence-corrected chi connectivity index (χ3v) is 4.64. The number of halogens is 2. The Balaban J connectivity index is 1.83. The van der Waals surface area contributed by atoms with E-state index in [1.807, 2.05) is 0 Å². The van der Waals surface area contributed by atoms with E-state index in [-0.39, 0.29) is 11.9 Å². The smallest absolute Gasteiger partial charge is 0.307 e. The van der Waals surface area contributed by atoms with E-state index in [0.717, 1.165) is 0 Å². The summed E-state index contributed by atoms with van der Waals surface area (Å²) in [6.45, 7) is 1.03. The predicted molar refractivity (Wildman–Crippen MR) is 78.8 cm³/mol. The van der Waals surface area contributed by atoms with Crippen molar-refractivity contribution in [3.05, 3.63) is 28.0 Å². The SMILES string of the molecule is O=C(O)C1CNC(c2cc(F)cc(Br)c2OCC2CC2)C1. The van der Waals surface area contributed by atoms with Crippen molar-refractivity contribution in [2.75, 3.05) is 13.2 Å². The van der Waals surface area contributed by atoms with Crippen LogP contribution in [0.3, 0.4) is 0 Å². The lowest BCUT2D eigenvalue weighted by Gasteiger charge is -2.18. The first-order chi connectivity index (χ1) is 10.0. The van der Waals surface area contributed by atoms with Crippen LogP contribution < -0.4 is 10.1 Å². The van der Waals surface area contributed by atoms with Gasteiger partial charge in [-0.3, -0.25) is 4.79 Å². The summed E-state index contributed by atoms with van der Waals surface area (Å²) in [6.07, 6.45) is 2.80. The van der Waals surface area contributed by atoms with Crippen LogP contribution in [0.4, 0.5) is 4.39 Å². The Kier molecular flexibility index (Phi) is 4.17. The van der Waals surface area contributed by atoms with Crippen molar-refractivity contribution < 1.29 is 19.0 Å². The van der Waals surface area contributed by atoms with Crippen molar-refractivity contribution in [1.29, 1.82) is 0 Å². The molecule has 1 aromatic rings. The first kappa shape index (κ1) is 14.8. The van der Waals surface area contributed by atoms with Crippen molar-refractivity contribution in [2.24, 2.45) is 11.8 Å². The second-order valence-electron chi connectivity index (χ2n) is 5.79.